The molecule has 1 aliphatic carbocycles. The van der Waals surface area contributed by atoms with Gasteiger partial charge in [0, 0.05) is 31.4 Å². The summed E-state index contributed by atoms with van der Waals surface area (Å²) >= 11 is 0. The van der Waals surface area contributed by atoms with Crippen LogP contribution in [0, 0.1) is 0 Å². The van der Waals surface area contributed by atoms with Crippen LogP contribution in [-0.4, -0.2) is 30.0 Å². The van der Waals surface area contributed by atoms with Crippen molar-refractivity contribution in [2.24, 2.45) is 7.05 Å². The summed E-state index contributed by atoms with van der Waals surface area (Å²) in [5.74, 6) is 1.48. The Labute approximate surface area is 124 Å². The van der Waals surface area contributed by atoms with Crippen LogP contribution < -0.4 is 14.8 Å². The lowest BCUT2D eigenvalue weighted by atomic mass is 10.0. The third-order valence-corrected chi connectivity index (χ3v) is 3.76. The van der Waals surface area contributed by atoms with Gasteiger partial charge in [0.1, 0.15) is 0 Å². The van der Waals surface area contributed by atoms with Crippen LogP contribution >= 0.6 is 0 Å². The third kappa shape index (κ3) is 3.03. The van der Waals surface area contributed by atoms with E-state index in [0.29, 0.717) is 6.04 Å². The molecular formula is C16H21N3O2. The molecule has 21 heavy (non-hydrogen) atoms. The second kappa shape index (κ2) is 5.77. The van der Waals surface area contributed by atoms with Crippen LogP contribution in [0.25, 0.3) is 11.3 Å². The minimum atomic E-state index is 0.662. The fraction of sp³-hybridized carbons (Fsp3) is 0.438. The molecule has 0 atom stereocenters. The second-order valence-corrected chi connectivity index (χ2v) is 5.39. The highest BCUT2D eigenvalue weighted by Crippen LogP contribution is 2.35. The lowest BCUT2D eigenvalue weighted by Gasteiger charge is -2.14. The highest BCUT2D eigenvalue weighted by Gasteiger charge is 2.21. The summed E-state index contributed by atoms with van der Waals surface area (Å²) in [6.45, 7) is 0.816. The maximum atomic E-state index is 5.42. The molecule has 3 rings (SSSR count). The molecule has 0 spiro atoms. The molecule has 5 heteroatoms. The van der Waals surface area contributed by atoms with E-state index in [0.717, 1.165) is 29.3 Å². The Hall–Kier alpha value is -2.01. The molecule has 0 saturated heterocycles. The van der Waals surface area contributed by atoms with Gasteiger partial charge >= 0.3 is 0 Å². The van der Waals surface area contributed by atoms with Gasteiger partial charge in [-0.2, -0.15) is 5.10 Å². The van der Waals surface area contributed by atoms with Gasteiger partial charge in [0.15, 0.2) is 11.5 Å². The standard InChI is InChI=1S/C16H21N3O2/c1-19-7-6-14(18-19)13-9-16(21-3)15(20-2)8-11(13)10-17-12-4-5-12/h6-9,12,17H,4-5,10H2,1-3H3. The van der Waals surface area contributed by atoms with Crippen LogP contribution in [0.3, 0.4) is 0 Å². The van der Waals surface area contributed by atoms with Crippen molar-refractivity contribution in [1.29, 1.82) is 0 Å². The van der Waals surface area contributed by atoms with Gasteiger partial charge in [0.05, 0.1) is 19.9 Å². The van der Waals surface area contributed by atoms with Crippen molar-refractivity contribution in [3.05, 3.63) is 30.0 Å². The molecule has 2 aromatic rings. The molecule has 112 valence electrons. The summed E-state index contributed by atoms with van der Waals surface area (Å²) in [7, 11) is 5.24. The molecule has 0 aliphatic heterocycles. The van der Waals surface area contributed by atoms with Crippen molar-refractivity contribution in [1.82, 2.24) is 15.1 Å². The van der Waals surface area contributed by atoms with Crippen molar-refractivity contribution in [2.45, 2.75) is 25.4 Å². The molecule has 1 fully saturated rings. The lowest BCUT2D eigenvalue weighted by Crippen LogP contribution is -2.16. The maximum Gasteiger partial charge on any atom is 0.161 e. The second-order valence-electron chi connectivity index (χ2n) is 5.39. The van der Waals surface area contributed by atoms with Crippen LogP contribution in [0.1, 0.15) is 18.4 Å². The van der Waals surface area contributed by atoms with E-state index in [4.69, 9.17) is 9.47 Å². The normalized spacial score (nSPS) is 14.2. The molecule has 1 heterocycles. The minimum absolute atomic E-state index is 0.662. The van der Waals surface area contributed by atoms with Gasteiger partial charge in [0.25, 0.3) is 0 Å². The molecular weight excluding hydrogens is 266 g/mol. The monoisotopic (exact) mass is 287 g/mol. The zero-order valence-corrected chi connectivity index (χ0v) is 12.7. The summed E-state index contributed by atoms with van der Waals surface area (Å²) in [6.07, 6.45) is 4.49. The smallest absolute Gasteiger partial charge is 0.161 e. The first-order valence-electron chi connectivity index (χ1n) is 7.19. The summed E-state index contributed by atoms with van der Waals surface area (Å²) in [6, 6.07) is 6.72. The topological polar surface area (TPSA) is 48.3 Å². The number of hydrogen-bond acceptors (Lipinski definition) is 4. The third-order valence-electron chi connectivity index (χ3n) is 3.76. The number of aromatic nitrogens is 2. The Morgan fingerprint density at radius 1 is 1.24 bits per heavy atom. The van der Waals surface area contributed by atoms with Crippen molar-refractivity contribution in [3.63, 3.8) is 0 Å². The van der Waals surface area contributed by atoms with Crippen molar-refractivity contribution >= 4 is 0 Å². The zero-order chi connectivity index (χ0) is 14.8. The fourth-order valence-corrected chi connectivity index (χ4v) is 2.41. The SMILES string of the molecule is COc1cc(CNC2CC2)c(-c2ccn(C)n2)cc1OC. The molecule has 0 bridgehead atoms. The number of nitrogens with zero attached hydrogens (tertiary/aromatic N) is 2. The van der Waals surface area contributed by atoms with E-state index in [1.807, 2.05) is 36.1 Å². The van der Waals surface area contributed by atoms with E-state index in [9.17, 15) is 0 Å². The average molecular weight is 287 g/mol. The number of methoxy groups -OCH3 is 2. The van der Waals surface area contributed by atoms with E-state index >= 15 is 0 Å². The number of hydrogen-bond donors (Lipinski definition) is 1. The van der Waals surface area contributed by atoms with Gasteiger partial charge in [-0.3, -0.25) is 4.68 Å². The molecule has 0 amide bonds. The molecule has 5 nitrogen and oxygen atoms in total. The van der Waals surface area contributed by atoms with E-state index in [1.165, 1.54) is 18.4 Å². The Morgan fingerprint density at radius 3 is 2.52 bits per heavy atom. The number of ether oxygens (including phenoxy) is 2. The number of benzene rings is 1. The Morgan fingerprint density at radius 2 is 1.95 bits per heavy atom. The van der Waals surface area contributed by atoms with Crippen LogP contribution in [0.5, 0.6) is 11.5 Å². The maximum absolute atomic E-state index is 5.42. The molecule has 1 aromatic carbocycles. The minimum Gasteiger partial charge on any atom is -0.493 e. The number of rotatable bonds is 6. The summed E-state index contributed by atoms with van der Waals surface area (Å²) in [4.78, 5) is 0. The van der Waals surface area contributed by atoms with Crippen LogP contribution in [0.2, 0.25) is 0 Å². The predicted octanol–water partition coefficient (Wildman–Crippen LogP) is 2.36. The molecule has 1 saturated carbocycles. The Kier molecular flexibility index (Phi) is 3.84. The Bertz CT molecular complexity index is 632. The van der Waals surface area contributed by atoms with Gasteiger partial charge in [-0.1, -0.05) is 0 Å². The van der Waals surface area contributed by atoms with Gasteiger partial charge in [0.2, 0.25) is 0 Å². The van der Waals surface area contributed by atoms with Crippen LogP contribution in [0.4, 0.5) is 0 Å². The zero-order valence-electron chi connectivity index (χ0n) is 12.7. The quantitative estimate of drug-likeness (QED) is 0.886. The highest BCUT2D eigenvalue weighted by atomic mass is 16.5. The van der Waals surface area contributed by atoms with Gasteiger partial charge in [-0.05, 0) is 36.6 Å². The molecule has 0 unspecified atom stereocenters. The van der Waals surface area contributed by atoms with Crippen LogP contribution in [-0.2, 0) is 13.6 Å². The van der Waals surface area contributed by atoms with E-state index in [-0.39, 0.29) is 0 Å². The lowest BCUT2D eigenvalue weighted by molar-refractivity contribution is 0.354. The first-order chi connectivity index (χ1) is 10.2. The first kappa shape index (κ1) is 13.9. The largest absolute Gasteiger partial charge is 0.493 e. The van der Waals surface area contributed by atoms with Crippen LogP contribution in [0.15, 0.2) is 24.4 Å². The van der Waals surface area contributed by atoms with Crippen molar-refractivity contribution in [2.75, 3.05) is 14.2 Å². The molecule has 0 radical (unpaired) electrons. The van der Waals surface area contributed by atoms with E-state index < -0.39 is 0 Å². The molecule has 1 aliphatic rings. The first-order valence-corrected chi connectivity index (χ1v) is 7.19. The van der Waals surface area contributed by atoms with Crippen molar-refractivity contribution < 1.29 is 9.47 Å². The van der Waals surface area contributed by atoms with E-state index in [1.54, 1.807) is 14.2 Å². The van der Waals surface area contributed by atoms with Crippen molar-refractivity contribution in [3.8, 4) is 22.8 Å². The van der Waals surface area contributed by atoms with Gasteiger partial charge < -0.3 is 14.8 Å². The van der Waals surface area contributed by atoms with E-state index in [2.05, 4.69) is 10.4 Å². The van der Waals surface area contributed by atoms with Gasteiger partial charge in [-0.25, -0.2) is 0 Å². The molecule has 1 N–H and O–H groups in total. The Balaban J connectivity index is 2.00. The number of aryl methyl sites for hydroxylation is 1. The summed E-state index contributed by atoms with van der Waals surface area (Å²) in [5.41, 5.74) is 3.21. The summed E-state index contributed by atoms with van der Waals surface area (Å²) in [5, 5.41) is 8.06. The summed E-state index contributed by atoms with van der Waals surface area (Å²) < 4.78 is 12.6. The fourth-order valence-electron chi connectivity index (χ4n) is 2.41. The van der Waals surface area contributed by atoms with Gasteiger partial charge in [-0.15, -0.1) is 0 Å². The average Bonchev–Trinajstić information content (AvgIpc) is 3.24. The molecule has 1 aromatic heterocycles. The number of nitrogens with one attached hydrogen (secondary N) is 1. The predicted molar refractivity (Wildman–Crippen MR) is 81.6 cm³/mol. The highest BCUT2D eigenvalue weighted by molar-refractivity contribution is 5.68.